The van der Waals surface area contributed by atoms with Crippen molar-refractivity contribution in [3.8, 4) is 5.75 Å². The first-order valence-corrected chi connectivity index (χ1v) is 5.39. The van der Waals surface area contributed by atoms with Crippen LogP contribution in [0.3, 0.4) is 0 Å². The van der Waals surface area contributed by atoms with Crippen LogP contribution in [0.4, 0.5) is 5.69 Å². The van der Waals surface area contributed by atoms with Crippen molar-refractivity contribution in [2.75, 3.05) is 25.1 Å². The van der Waals surface area contributed by atoms with Crippen molar-refractivity contribution < 1.29 is 14.3 Å². The van der Waals surface area contributed by atoms with E-state index in [1.54, 1.807) is 23.1 Å². The van der Waals surface area contributed by atoms with E-state index in [0.717, 1.165) is 5.69 Å². The molecule has 90 valence electrons. The largest absolute Gasteiger partial charge is 0.495 e. The molecule has 0 unspecified atom stereocenters. The van der Waals surface area contributed by atoms with E-state index in [9.17, 15) is 9.59 Å². The second-order valence-electron chi connectivity index (χ2n) is 3.65. The van der Waals surface area contributed by atoms with Gasteiger partial charge in [-0.15, -0.1) is 0 Å². The average molecular weight is 255 g/mol. The van der Waals surface area contributed by atoms with Gasteiger partial charge in [-0.1, -0.05) is 11.6 Å². The van der Waals surface area contributed by atoms with E-state index < -0.39 is 0 Å². The summed E-state index contributed by atoms with van der Waals surface area (Å²) in [6, 6.07) is 5.12. The van der Waals surface area contributed by atoms with E-state index in [4.69, 9.17) is 16.3 Å². The van der Waals surface area contributed by atoms with E-state index in [-0.39, 0.29) is 24.9 Å². The second kappa shape index (κ2) is 4.63. The summed E-state index contributed by atoms with van der Waals surface area (Å²) in [6.45, 7) is 0.299. The van der Waals surface area contributed by atoms with Crippen molar-refractivity contribution in [2.24, 2.45) is 0 Å². The molecular weight excluding hydrogens is 244 g/mol. The summed E-state index contributed by atoms with van der Waals surface area (Å²) in [5.41, 5.74) is 0.731. The van der Waals surface area contributed by atoms with Crippen LogP contribution in [-0.4, -0.2) is 32.0 Å². The van der Waals surface area contributed by atoms with Gasteiger partial charge in [0, 0.05) is 11.8 Å². The monoisotopic (exact) mass is 254 g/mol. The number of piperazine rings is 1. The maximum atomic E-state index is 11.2. The maximum Gasteiger partial charge on any atom is 0.246 e. The standard InChI is InChI=1S/C11H11ClN2O3/c1-17-9-4-7(2-3-8(9)12)14-5-10(15)13-11(16)6-14/h2-4H,5-6H2,1H3,(H,13,15,16). The summed E-state index contributed by atoms with van der Waals surface area (Å²) >= 11 is 5.90. The second-order valence-corrected chi connectivity index (χ2v) is 4.05. The molecule has 2 amide bonds. The van der Waals surface area contributed by atoms with Crippen molar-refractivity contribution in [3.63, 3.8) is 0 Å². The van der Waals surface area contributed by atoms with Crippen molar-refractivity contribution in [2.45, 2.75) is 0 Å². The molecule has 1 heterocycles. The summed E-state index contributed by atoms with van der Waals surface area (Å²) in [5, 5.41) is 2.73. The van der Waals surface area contributed by atoms with Gasteiger partial charge in [0.25, 0.3) is 0 Å². The van der Waals surface area contributed by atoms with Crippen LogP contribution in [0.25, 0.3) is 0 Å². The number of imide groups is 1. The van der Waals surface area contributed by atoms with Gasteiger partial charge >= 0.3 is 0 Å². The Hall–Kier alpha value is -1.75. The normalized spacial score (nSPS) is 15.8. The van der Waals surface area contributed by atoms with E-state index in [2.05, 4.69) is 5.32 Å². The smallest absolute Gasteiger partial charge is 0.246 e. The topological polar surface area (TPSA) is 58.6 Å². The van der Waals surface area contributed by atoms with Crippen LogP contribution in [0, 0.1) is 0 Å². The first-order valence-electron chi connectivity index (χ1n) is 5.01. The molecule has 6 heteroatoms. The van der Waals surface area contributed by atoms with Crippen molar-refractivity contribution in [1.29, 1.82) is 0 Å². The minimum Gasteiger partial charge on any atom is -0.495 e. The summed E-state index contributed by atoms with van der Waals surface area (Å²) in [5.74, 6) is -0.104. The molecule has 2 rings (SSSR count). The summed E-state index contributed by atoms with van der Waals surface area (Å²) in [4.78, 5) is 24.2. The fraction of sp³-hybridized carbons (Fsp3) is 0.273. The third-order valence-corrected chi connectivity index (χ3v) is 2.76. The molecule has 5 nitrogen and oxygen atoms in total. The quantitative estimate of drug-likeness (QED) is 0.794. The Morgan fingerprint density at radius 2 is 1.94 bits per heavy atom. The zero-order valence-electron chi connectivity index (χ0n) is 9.20. The summed E-state index contributed by atoms with van der Waals surface area (Å²) in [6.07, 6.45) is 0. The number of methoxy groups -OCH3 is 1. The Kier molecular flexibility index (Phi) is 3.19. The van der Waals surface area contributed by atoms with Crippen molar-refractivity contribution in [1.82, 2.24) is 5.32 Å². The number of carbonyl (C=O) groups is 2. The minimum absolute atomic E-state index is 0.149. The number of carbonyl (C=O) groups excluding carboxylic acids is 2. The molecule has 0 saturated carbocycles. The van der Waals surface area contributed by atoms with E-state index in [1.165, 1.54) is 7.11 Å². The highest BCUT2D eigenvalue weighted by molar-refractivity contribution is 6.32. The Morgan fingerprint density at radius 1 is 1.29 bits per heavy atom. The van der Waals surface area contributed by atoms with Gasteiger partial charge in [0.15, 0.2) is 0 Å². The third kappa shape index (κ3) is 2.50. The SMILES string of the molecule is COc1cc(N2CC(=O)NC(=O)C2)ccc1Cl. The minimum atomic E-state index is -0.310. The fourth-order valence-corrected chi connectivity index (χ4v) is 1.86. The van der Waals surface area contributed by atoms with Crippen LogP contribution in [0.5, 0.6) is 5.75 Å². The molecule has 0 radical (unpaired) electrons. The molecule has 1 aliphatic rings. The van der Waals surface area contributed by atoms with Gasteiger partial charge < -0.3 is 9.64 Å². The van der Waals surface area contributed by atoms with E-state index >= 15 is 0 Å². The number of rotatable bonds is 2. The highest BCUT2D eigenvalue weighted by Gasteiger charge is 2.23. The van der Waals surface area contributed by atoms with Gasteiger partial charge in [-0.2, -0.15) is 0 Å². The number of ether oxygens (including phenoxy) is 1. The number of halogens is 1. The van der Waals surface area contributed by atoms with Crippen LogP contribution in [0.2, 0.25) is 5.02 Å². The Bertz CT molecular complexity index is 460. The molecule has 0 bridgehead atoms. The molecule has 1 saturated heterocycles. The lowest BCUT2D eigenvalue weighted by molar-refractivity contribution is -0.130. The van der Waals surface area contributed by atoms with Crippen LogP contribution < -0.4 is 15.0 Å². The molecule has 1 N–H and O–H groups in total. The number of anilines is 1. The van der Waals surface area contributed by atoms with Crippen molar-refractivity contribution in [3.05, 3.63) is 23.2 Å². The average Bonchev–Trinajstić information content (AvgIpc) is 2.28. The molecule has 0 spiro atoms. The van der Waals surface area contributed by atoms with Crippen LogP contribution >= 0.6 is 11.6 Å². The lowest BCUT2D eigenvalue weighted by atomic mass is 10.2. The van der Waals surface area contributed by atoms with Crippen LogP contribution in [-0.2, 0) is 9.59 Å². The van der Waals surface area contributed by atoms with Gasteiger partial charge in [-0.05, 0) is 12.1 Å². The molecular formula is C11H11ClN2O3. The highest BCUT2D eigenvalue weighted by Crippen LogP contribution is 2.29. The van der Waals surface area contributed by atoms with Gasteiger partial charge in [-0.25, -0.2) is 0 Å². The Labute approximate surface area is 103 Å². The zero-order valence-corrected chi connectivity index (χ0v) is 9.95. The van der Waals surface area contributed by atoms with E-state index in [1.807, 2.05) is 0 Å². The molecule has 0 atom stereocenters. The van der Waals surface area contributed by atoms with E-state index in [0.29, 0.717) is 10.8 Å². The fourth-order valence-electron chi connectivity index (χ4n) is 1.66. The lowest BCUT2D eigenvalue weighted by Gasteiger charge is -2.27. The Morgan fingerprint density at radius 3 is 2.53 bits per heavy atom. The van der Waals surface area contributed by atoms with Crippen LogP contribution in [0.1, 0.15) is 0 Å². The Balaban J connectivity index is 2.27. The number of hydrogen-bond donors (Lipinski definition) is 1. The third-order valence-electron chi connectivity index (χ3n) is 2.45. The first kappa shape index (κ1) is 11.7. The number of nitrogens with one attached hydrogen (secondary N) is 1. The molecule has 0 aliphatic carbocycles. The molecule has 1 fully saturated rings. The number of benzene rings is 1. The number of amides is 2. The zero-order chi connectivity index (χ0) is 12.4. The van der Waals surface area contributed by atoms with Gasteiger partial charge in [0.05, 0.1) is 25.2 Å². The highest BCUT2D eigenvalue weighted by atomic mass is 35.5. The van der Waals surface area contributed by atoms with Gasteiger partial charge in [0.2, 0.25) is 11.8 Å². The maximum absolute atomic E-state index is 11.2. The molecule has 0 aromatic heterocycles. The van der Waals surface area contributed by atoms with Crippen molar-refractivity contribution >= 4 is 29.1 Å². The van der Waals surface area contributed by atoms with Crippen LogP contribution in [0.15, 0.2) is 18.2 Å². The van der Waals surface area contributed by atoms with Gasteiger partial charge in [0.1, 0.15) is 5.75 Å². The first-order chi connectivity index (χ1) is 8.10. The molecule has 1 aromatic carbocycles. The predicted molar refractivity (Wildman–Crippen MR) is 63.4 cm³/mol. The molecule has 17 heavy (non-hydrogen) atoms. The predicted octanol–water partition coefficient (Wildman–Crippen LogP) is 0.811. The molecule has 1 aromatic rings. The summed E-state index contributed by atoms with van der Waals surface area (Å²) in [7, 11) is 1.51. The van der Waals surface area contributed by atoms with Gasteiger partial charge in [-0.3, -0.25) is 14.9 Å². The number of hydrogen-bond acceptors (Lipinski definition) is 4. The summed E-state index contributed by atoms with van der Waals surface area (Å²) < 4.78 is 5.09. The molecule has 1 aliphatic heterocycles. The lowest BCUT2D eigenvalue weighted by Crippen LogP contribution is -2.51. The number of nitrogens with zero attached hydrogens (tertiary/aromatic N) is 1.